The molecule has 0 atom stereocenters. The second-order valence-electron chi connectivity index (χ2n) is 6.79. The summed E-state index contributed by atoms with van der Waals surface area (Å²) in [5, 5.41) is 6.91. The molecule has 1 aliphatic rings. The lowest BCUT2D eigenvalue weighted by Crippen LogP contribution is -2.48. The molecule has 0 aromatic carbocycles. The van der Waals surface area contributed by atoms with E-state index in [0.717, 1.165) is 43.4 Å². The van der Waals surface area contributed by atoms with E-state index in [2.05, 4.69) is 62.5 Å². The SMILES string of the molecule is CN=C(NCc1ncccc1C)NC1CCN(c2ccc(C)cn2)CC1.I. The maximum absolute atomic E-state index is 4.54. The number of halogens is 1. The van der Waals surface area contributed by atoms with Gasteiger partial charge in [0.15, 0.2) is 5.96 Å². The monoisotopic (exact) mass is 480 g/mol. The summed E-state index contributed by atoms with van der Waals surface area (Å²) in [4.78, 5) is 15.7. The molecule has 1 aliphatic heterocycles. The zero-order valence-electron chi connectivity index (χ0n) is 16.3. The van der Waals surface area contributed by atoms with Crippen molar-refractivity contribution in [1.82, 2.24) is 20.6 Å². The summed E-state index contributed by atoms with van der Waals surface area (Å²) in [5.41, 5.74) is 3.44. The number of piperidine rings is 1. The van der Waals surface area contributed by atoms with Gasteiger partial charge in [0.2, 0.25) is 0 Å². The van der Waals surface area contributed by atoms with Crippen LogP contribution in [0.1, 0.15) is 29.7 Å². The molecule has 7 heteroatoms. The molecule has 0 bridgehead atoms. The Kier molecular flexibility index (Phi) is 8.27. The van der Waals surface area contributed by atoms with Crippen LogP contribution in [-0.2, 0) is 6.54 Å². The number of aryl methyl sites for hydroxylation is 2. The van der Waals surface area contributed by atoms with Crippen molar-refractivity contribution in [3.63, 3.8) is 0 Å². The second kappa shape index (κ2) is 10.4. The van der Waals surface area contributed by atoms with E-state index in [1.165, 1.54) is 11.1 Å². The van der Waals surface area contributed by atoms with Gasteiger partial charge in [-0.25, -0.2) is 4.98 Å². The van der Waals surface area contributed by atoms with E-state index >= 15 is 0 Å². The second-order valence-corrected chi connectivity index (χ2v) is 6.79. The molecule has 0 saturated carbocycles. The number of nitrogens with zero attached hydrogens (tertiary/aromatic N) is 4. The third-order valence-corrected chi connectivity index (χ3v) is 4.82. The minimum Gasteiger partial charge on any atom is -0.356 e. The highest BCUT2D eigenvalue weighted by Gasteiger charge is 2.20. The standard InChI is InChI=1S/C20H28N6.HI/c1-15-6-7-19(23-13-15)26-11-8-17(9-12-26)25-20(21-3)24-14-18-16(2)5-4-10-22-18;/h4-7,10,13,17H,8-9,11-12,14H2,1-3H3,(H2,21,24,25);1H. The van der Waals surface area contributed by atoms with Gasteiger partial charge in [0.25, 0.3) is 0 Å². The zero-order chi connectivity index (χ0) is 18.4. The van der Waals surface area contributed by atoms with Gasteiger partial charge >= 0.3 is 0 Å². The van der Waals surface area contributed by atoms with Crippen LogP contribution < -0.4 is 15.5 Å². The molecule has 2 aromatic heterocycles. The summed E-state index contributed by atoms with van der Waals surface area (Å²) >= 11 is 0. The quantitative estimate of drug-likeness (QED) is 0.400. The predicted molar refractivity (Wildman–Crippen MR) is 122 cm³/mol. The predicted octanol–water partition coefficient (Wildman–Crippen LogP) is 3.05. The van der Waals surface area contributed by atoms with Gasteiger partial charge in [-0.15, -0.1) is 24.0 Å². The highest BCUT2D eigenvalue weighted by molar-refractivity contribution is 14.0. The summed E-state index contributed by atoms with van der Waals surface area (Å²) in [5.74, 6) is 1.91. The lowest BCUT2D eigenvalue weighted by atomic mass is 10.1. The number of rotatable bonds is 4. The van der Waals surface area contributed by atoms with E-state index in [1.807, 2.05) is 25.5 Å². The molecule has 0 radical (unpaired) electrons. The number of hydrogen-bond acceptors (Lipinski definition) is 4. The minimum absolute atomic E-state index is 0. The number of pyridine rings is 2. The van der Waals surface area contributed by atoms with Crippen molar-refractivity contribution in [2.75, 3.05) is 25.0 Å². The zero-order valence-corrected chi connectivity index (χ0v) is 18.6. The first-order chi connectivity index (χ1) is 12.7. The smallest absolute Gasteiger partial charge is 0.191 e. The van der Waals surface area contributed by atoms with Gasteiger partial charge in [-0.3, -0.25) is 9.98 Å². The number of aliphatic imine (C=N–C) groups is 1. The lowest BCUT2D eigenvalue weighted by Gasteiger charge is -2.33. The maximum Gasteiger partial charge on any atom is 0.191 e. The first-order valence-corrected chi connectivity index (χ1v) is 9.21. The summed E-state index contributed by atoms with van der Waals surface area (Å²) in [6, 6.07) is 8.70. The summed E-state index contributed by atoms with van der Waals surface area (Å²) in [6.45, 7) is 6.83. The molecule has 2 aromatic rings. The minimum atomic E-state index is 0. The van der Waals surface area contributed by atoms with Gasteiger partial charge in [0.1, 0.15) is 5.82 Å². The van der Waals surface area contributed by atoms with Crippen molar-refractivity contribution in [2.45, 2.75) is 39.3 Å². The fourth-order valence-electron chi connectivity index (χ4n) is 3.16. The van der Waals surface area contributed by atoms with Crippen molar-refractivity contribution < 1.29 is 0 Å². The third kappa shape index (κ3) is 6.05. The Labute approximate surface area is 178 Å². The number of anilines is 1. The molecule has 27 heavy (non-hydrogen) atoms. The topological polar surface area (TPSA) is 65.4 Å². The molecular formula is C20H29IN6. The van der Waals surface area contributed by atoms with Gasteiger partial charge in [-0.2, -0.15) is 0 Å². The lowest BCUT2D eigenvalue weighted by molar-refractivity contribution is 0.459. The van der Waals surface area contributed by atoms with Crippen molar-refractivity contribution >= 4 is 35.8 Å². The molecule has 0 amide bonds. The Morgan fingerprint density at radius 3 is 2.59 bits per heavy atom. The molecule has 1 fully saturated rings. The van der Waals surface area contributed by atoms with Crippen LogP contribution in [0.4, 0.5) is 5.82 Å². The highest BCUT2D eigenvalue weighted by Crippen LogP contribution is 2.18. The molecule has 3 rings (SSSR count). The van der Waals surface area contributed by atoms with Crippen molar-refractivity contribution in [3.8, 4) is 0 Å². The molecule has 6 nitrogen and oxygen atoms in total. The molecule has 1 saturated heterocycles. The average molecular weight is 480 g/mol. The molecule has 0 spiro atoms. The van der Waals surface area contributed by atoms with Gasteiger partial charge in [-0.05, 0) is 49.9 Å². The number of aromatic nitrogens is 2. The van der Waals surface area contributed by atoms with Crippen LogP contribution in [-0.4, -0.2) is 42.1 Å². The molecule has 0 unspecified atom stereocenters. The molecule has 3 heterocycles. The maximum atomic E-state index is 4.54. The van der Waals surface area contributed by atoms with Crippen LogP contribution in [0.5, 0.6) is 0 Å². The summed E-state index contributed by atoms with van der Waals surface area (Å²) in [6.07, 6.45) is 5.90. The highest BCUT2D eigenvalue weighted by atomic mass is 127. The van der Waals surface area contributed by atoms with E-state index < -0.39 is 0 Å². The van der Waals surface area contributed by atoms with Crippen LogP contribution >= 0.6 is 24.0 Å². The van der Waals surface area contributed by atoms with Gasteiger partial charge in [0.05, 0.1) is 12.2 Å². The fourth-order valence-corrected chi connectivity index (χ4v) is 3.16. The first kappa shape index (κ1) is 21.4. The van der Waals surface area contributed by atoms with Gasteiger partial charge in [-0.1, -0.05) is 12.1 Å². The summed E-state index contributed by atoms with van der Waals surface area (Å²) < 4.78 is 0. The van der Waals surface area contributed by atoms with Crippen LogP contribution in [0.25, 0.3) is 0 Å². The Hall–Kier alpha value is -1.90. The van der Waals surface area contributed by atoms with Crippen molar-refractivity contribution in [2.24, 2.45) is 4.99 Å². The largest absolute Gasteiger partial charge is 0.356 e. The summed E-state index contributed by atoms with van der Waals surface area (Å²) in [7, 11) is 1.81. The Morgan fingerprint density at radius 1 is 1.19 bits per heavy atom. The van der Waals surface area contributed by atoms with E-state index in [9.17, 15) is 0 Å². The Morgan fingerprint density at radius 2 is 1.96 bits per heavy atom. The first-order valence-electron chi connectivity index (χ1n) is 9.21. The van der Waals surface area contributed by atoms with Crippen LogP contribution in [0.15, 0.2) is 41.7 Å². The number of guanidine groups is 1. The normalized spacial score (nSPS) is 15.2. The van der Waals surface area contributed by atoms with Crippen LogP contribution in [0.3, 0.4) is 0 Å². The van der Waals surface area contributed by atoms with Crippen molar-refractivity contribution in [1.29, 1.82) is 0 Å². The Balaban J connectivity index is 0.00000261. The van der Waals surface area contributed by atoms with Gasteiger partial charge < -0.3 is 15.5 Å². The van der Waals surface area contributed by atoms with Crippen LogP contribution in [0, 0.1) is 13.8 Å². The third-order valence-electron chi connectivity index (χ3n) is 4.82. The molecular weight excluding hydrogens is 451 g/mol. The van der Waals surface area contributed by atoms with Crippen molar-refractivity contribution in [3.05, 3.63) is 53.5 Å². The van der Waals surface area contributed by atoms with E-state index in [0.29, 0.717) is 12.6 Å². The van der Waals surface area contributed by atoms with E-state index in [-0.39, 0.29) is 24.0 Å². The molecule has 0 aliphatic carbocycles. The van der Waals surface area contributed by atoms with Crippen LogP contribution in [0.2, 0.25) is 0 Å². The average Bonchev–Trinajstić information content (AvgIpc) is 2.67. The van der Waals surface area contributed by atoms with E-state index in [4.69, 9.17) is 0 Å². The molecule has 2 N–H and O–H groups in total. The number of hydrogen-bond donors (Lipinski definition) is 2. The molecule has 146 valence electrons. The Bertz CT molecular complexity index is 738. The van der Waals surface area contributed by atoms with E-state index in [1.54, 1.807) is 0 Å². The van der Waals surface area contributed by atoms with Gasteiger partial charge in [0, 0.05) is 38.6 Å². The number of nitrogens with one attached hydrogen (secondary N) is 2. The fraction of sp³-hybridized carbons (Fsp3) is 0.450.